The van der Waals surface area contributed by atoms with Crippen LogP contribution < -0.4 is 5.73 Å². The topological polar surface area (TPSA) is 98.6 Å². The van der Waals surface area contributed by atoms with Gasteiger partial charge in [-0.15, -0.1) is 0 Å². The fraction of sp³-hybridized carbons (Fsp3) is 0.400. The van der Waals surface area contributed by atoms with E-state index < -0.39 is 12.3 Å². The zero-order valence-corrected chi connectivity index (χ0v) is 19.7. The molecule has 2 atom stereocenters. The number of dihydropyridines is 1. The van der Waals surface area contributed by atoms with Gasteiger partial charge >= 0.3 is 0 Å². The van der Waals surface area contributed by atoms with Crippen molar-refractivity contribution in [2.75, 3.05) is 13.1 Å². The number of hydrogen-bond donors (Lipinski definition) is 3. The van der Waals surface area contributed by atoms with Crippen LogP contribution in [-0.4, -0.2) is 39.8 Å². The van der Waals surface area contributed by atoms with Gasteiger partial charge < -0.3 is 15.7 Å². The number of piperidine rings is 1. The predicted octanol–water partition coefficient (Wildman–Crippen LogP) is 5.24. The highest BCUT2D eigenvalue weighted by molar-refractivity contribution is 8.04. The maximum Gasteiger partial charge on any atom is 0.280 e. The van der Waals surface area contributed by atoms with Crippen molar-refractivity contribution in [3.8, 4) is 0 Å². The van der Waals surface area contributed by atoms with Crippen LogP contribution in [0.1, 0.15) is 49.1 Å². The first-order chi connectivity index (χ1) is 16.3. The number of halogens is 2. The average molecular weight is 484 g/mol. The van der Waals surface area contributed by atoms with E-state index in [1.54, 1.807) is 6.07 Å². The van der Waals surface area contributed by atoms with E-state index in [4.69, 9.17) is 11.1 Å². The number of benzene rings is 1. The minimum absolute atomic E-state index is 0.0182. The van der Waals surface area contributed by atoms with Crippen LogP contribution >= 0.6 is 11.8 Å². The fourth-order valence-corrected chi connectivity index (χ4v) is 6.33. The van der Waals surface area contributed by atoms with Crippen LogP contribution in [0.25, 0.3) is 0 Å². The van der Waals surface area contributed by atoms with E-state index in [2.05, 4.69) is 33.1 Å². The Bertz CT molecular complexity index is 1190. The van der Waals surface area contributed by atoms with Gasteiger partial charge in [0.25, 0.3) is 6.43 Å². The van der Waals surface area contributed by atoms with Crippen molar-refractivity contribution in [1.29, 1.82) is 5.41 Å². The Hall–Kier alpha value is -2.78. The summed E-state index contributed by atoms with van der Waals surface area (Å²) in [7, 11) is 0. The number of fused-ring (bicyclic) bond motifs is 1. The summed E-state index contributed by atoms with van der Waals surface area (Å²) in [6.45, 7) is 3.38. The van der Waals surface area contributed by atoms with Gasteiger partial charge in [0.1, 0.15) is 17.3 Å². The van der Waals surface area contributed by atoms with Crippen LogP contribution in [0.4, 0.5) is 8.78 Å². The first-order valence-electron chi connectivity index (χ1n) is 11.4. The highest BCUT2D eigenvalue weighted by atomic mass is 32.2. The molecular weight excluding hydrogens is 456 g/mol. The van der Waals surface area contributed by atoms with Crippen LogP contribution in [0.2, 0.25) is 0 Å². The normalized spacial score (nSPS) is 24.1. The SMILES string of the molecule is C[C@H]1C(N2CCC3(CC2)Cc2ccccc2C3N)=NC(=N)C(Sc2ccnc(C(F)F)c2)=C1O. The molecule has 0 radical (unpaired) electrons. The lowest BCUT2D eigenvalue weighted by molar-refractivity contribution is 0.124. The summed E-state index contributed by atoms with van der Waals surface area (Å²) in [6.07, 6.45) is 1.44. The molecule has 4 N–H and O–H groups in total. The smallest absolute Gasteiger partial charge is 0.280 e. The number of thioether (sulfide) groups is 1. The van der Waals surface area contributed by atoms with Crippen molar-refractivity contribution in [2.45, 2.75) is 43.5 Å². The summed E-state index contributed by atoms with van der Waals surface area (Å²) in [5.74, 6) is 0.266. The van der Waals surface area contributed by atoms with Crippen LogP contribution in [0.3, 0.4) is 0 Å². The number of nitrogens with two attached hydrogens (primary N) is 1. The molecule has 2 aliphatic heterocycles. The number of aliphatic hydroxyl groups excluding tert-OH is 1. The fourth-order valence-electron chi connectivity index (χ4n) is 5.36. The van der Waals surface area contributed by atoms with Crippen LogP contribution in [-0.2, 0) is 6.42 Å². The molecule has 0 amide bonds. The number of rotatable bonds is 3. The van der Waals surface area contributed by atoms with Crippen LogP contribution in [0, 0.1) is 16.7 Å². The number of likely N-dealkylation sites (tertiary alicyclic amines) is 1. The number of amidine groups is 2. The van der Waals surface area contributed by atoms with Crippen molar-refractivity contribution >= 4 is 23.4 Å². The lowest BCUT2D eigenvalue weighted by atomic mass is 9.73. The van der Waals surface area contributed by atoms with E-state index in [9.17, 15) is 13.9 Å². The second-order valence-corrected chi connectivity index (χ2v) is 10.4. The van der Waals surface area contributed by atoms with Crippen molar-refractivity contribution in [3.05, 3.63) is 70.1 Å². The number of aromatic nitrogens is 1. The van der Waals surface area contributed by atoms with Gasteiger partial charge in [0, 0.05) is 30.2 Å². The lowest BCUT2D eigenvalue weighted by Crippen LogP contribution is -2.49. The number of alkyl halides is 2. The van der Waals surface area contributed by atoms with Crippen LogP contribution in [0.15, 0.2) is 63.1 Å². The van der Waals surface area contributed by atoms with Gasteiger partial charge in [-0.25, -0.2) is 13.8 Å². The Morgan fingerprint density at radius 1 is 1.24 bits per heavy atom. The summed E-state index contributed by atoms with van der Waals surface area (Å²) in [6, 6.07) is 11.3. The van der Waals surface area contributed by atoms with E-state index in [1.807, 2.05) is 13.0 Å². The quantitative estimate of drug-likeness (QED) is 0.554. The number of aliphatic imine (C=N–C) groups is 1. The molecule has 2 aromatic rings. The molecule has 1 unspecified atom stereocenters. The third kappa shape index (κ3) is 3.90. The van der Waals surface area contributed by atoms with Crippen molar-refractivity contribution in [1.82, 2.24) is 9.88 Å². The summed E-state index contributed by atoms with van der Waals surface area (Å²) >= 11 is 1.06. The Balaban J connectivity index is 1.30. The molecule has 1 spiro atoms. The number of nitrogens with zero attached hydrogens (tertiary/aromatic N) is 3. The highest BCUT2D eigenvalue weighted by Gasteiger charge is 2.46. The first kappa shape index (κ1) is 23.0. The largest absolute Gasteiger partial charge is 0.510 e. The first-order valence-corrected chi connectivity index (χ1v) is 12.2. The summed E-state index contributed by atoms with van der Waals surface area (Å²) in [4.78, 5) is 11.1. The standard InChI is InChI=1S/C25H27F2N5OS/c1-14-19(33)20(34-16-6-9-30-18(12-16)22(26)27)23(29)31-24(14)32-10-7-25(8-11-32)13-15-4-2-3-5-17(15)21(25)28/h2-6,9,12,14,21-22,29,33H,7-8,10-11,13,28H2,1H3/t14-,21?/m1/s1. The molecule has 178 valence electrons. The zero-order chi connectivity index (χ0) is 24.0. The number of aliphatic hydroxyl groups is 1. The van der Waals surface area contributed by atoms with Crippen LogP contribution in [0.5, 0.6) is 0 Å². The Kier molecular flexibility index (Phi) is 5.93. The van der Waals surface area contributed by atoms with Gasteiger partial charge in [0.05, 0.1) is 10.8 Å². The molecule has 6 nitrogen and oxygen atoms in total. The van der Waals surface area contributed by atoms with E-state index in [0.29, 0.717) is 10.7 Å². The number of nitrogens with one attached hydrogen (secondary N) is 1. The van der Waals surface area contributed by atoms with Gasteiger partial charge in [0.15, 0.2) is 5.84 Å². The van der Waals surface area contributed by atoms with E-state index in [1.165, 1.54) is 23.4 Å². The van der Waals surface area contributed by atoms with Gasteiger partial charge in [0.2, 0.25) is 0 Å². The van der Waals surface area contributed by atoms with Crippen molar-refractivity contribution in [3.63, 3.8) is 0 Å². The third-order valence-corrected chi connectivity index (χ3v) is 8.44. The second-order valence-electron chi connectivity index (χ2n) is 9.28. The third-order valence-electron chi connectivity index (χ3n) is 7.34. The maximum atomic E-state index is 13.0. The molecule has 1 aromatic carbocycles. The van der Waals surface area contributed by atoms with E-state index >= 15 is 0 Å². The molecule has 0 bridgehead atoms. The molecule has 5 rings (SSSR count). The van der Waals surface area contributed by atoms with Crippen molar-refractivity contribution in [2.24, 2.45) is 22.1 Å². The molecule has 34 heavy (non-hydrogen) atoms. The molecule has 0 saturated carbocycles. The molecule has 1 aromatic heterocycles. The van der Waals surface area contributed by atoms with Gasteiger partial charge in [-0.3, -0.25) is 10.4 Å². The monoisotopic (exact) mass is 483 g/mol. The Morgan fingerprint density at radius 2 is 1.97 bits per heavy atom. The van der Waals surface area contributed by atoms with Crippen molar-refractivity contribution < 1.29 is 13.9 Å². The predicted molar refractivity (Wildman–Crippen MR) is 129 cm³/mol. The Morgan fingerprint density at radius 3 is 2.68 bits per heavy atom. The summed E-state index contributed by atoms with van der Waals surface area (Å²) in [5.41, 5.74) is 8.97. The molecular formula is C25H27F2N5OS. The summed E-state index contributed by atoms with van der Waals surface area (Å²) < 4.78 is 26.0. The minimum Gasteiger partial charge on any atom is -0.510 e. The van der Waals surface area contributed by atoms with E-state index in [0.717, 1.165) is 44.1 Å². The second kappa shape index (κ2) is 8.78. The number of hydrogen-bond acceptors (Lipinski definition) is 6. The molecule has 1 aliphatic carbocycles. The Labute approximate surface area is 201 Å². The average Bonchev–Trinajstić information content (AvgIpc) is 3.11. The molecule has 1 fully saturated rings. The maximum absolute atomic E-state index is 13.0. The van der Waals surface area contributed by atoms with Gasteiger partial charge in [-0.2, -0.15) is 0 Å². The summed E-state index contributed by atoms with van der Waals surface area (Å²) in [5, 5.41) is 19.4. The molecule has 9 heteroatoms. The molecule has 1 saturated heterocycles. The van der Waals surface area contributed by atoms with Gasteiger partial charge in [-0.1, -0.05) is 36.0 Å². The lowest BCUT2D eigenvalue weighted by Gasteiger charge is -2.44. The minimum atomic E-state index is -2.68. The zero-order valence-electron chi connectivity index (χ0n) is 18.8. The van der Waals surface area contributed by atoms with E-state index in [-0.39, 0.29) is 33.7 Å². The number of pyridine rings is 1. The molecule has 3 heterocycles. The molecule has 3 aliphatic rings. The highest BCUT2D eigenvalue weighted by Crippen LogP contribution is 2.51. The van der Waals surface area contributed by atoms with Gasteiger partial charge in [-0.05, 0) is 54.9 Å².